The van der Waals surface area contributed by atoms with Crippen LogP contribution in [0.3, 0.4) is 0 Å². The Morgan fingerprint density at radius 1 is 1.14 bits per heavy atom. The van der Waals surface area contributed by atoms with Crippen LogP contribution in [0.1, 0.15) is 40.2 Å². The highest BCUT2D eigenvalue weighted by Gasteiger charge is 2.55. The van der Waals surface area contributed by atoms with Crippen LogP contribution in [0.4, 0.5) is 0 Å². The minimum Gasteiger partial charge on any atom is -0.496 e. The standard InChI is InChI=1S/C23H27N3O2/c1-15-11-17(13-24-12-15)23(27)26-14-19(18-5-3-4-6-20(18)28-2)22-21(26)16-7-9-25(22)10-8-16/h3-6,11-13,16,19,21-22H,7-10,14H2,1-2H3/t19-,21+,22+/m1/s1. The maximum absolute atomic E-state index is 13.5. The number of para-hydroxylation sites is 1. The van der Waals surface area contributed by atoms with Gasteiger partial charge in [0.1, 0.15) is 5.75 Å². The lowest BCUT2D eigenvalue weighted by Crippen LogP contribution is -2.60. The lowest BCUT2D eigenvalue weighted by atomic mass is 9.75. The van der Waals surface area contributed by atoms with Crippen molar-refractivity contribution < 1.29 is 9.53 Å². The van der Waals surface area contributed by atoms with Gasteiger partial charge in [0.15, 0.2) is 0 Å². The predicted molar refractivity (Wildman–Crippen MR) is 108 cm³/mol. The van der Waals surface area contributed by atoms with Crippen LogP contribution in [0, 0.1) is 12.8 Å². The largest absolute Gasteiger partial charge is 0.496 e. The number of piperidine rings is 3. The molecule has 0 radical (unpaired) electrons. The first-order valence-corrected chi connectivity index (χ1v) is 10.3. The zero-order valence-corrected chi connectivity index (χ0v) is 16.5. The first kappa shape index (κ1) is 17.7. The highest BCUT2D eigenvalue weighted by molar-refractivity contribution is 5.94. The molecule has 0 saturated carbocycles. The lowest BCUT2D eigenvalue weighted by Gasteiger charge is -2.51. The minimum atomic E-state index is 0.123. The van der Waals surface area contributed by atoms with Gasteiger partial charge >= 0.3 is 0 Å². The van der Waals surface area contributed by atoms with Gasteiger partial charge in [-0.05, 0) is 56.5 Å². The van der Waals surface area contributed by atoms with Gasteiger partial charge in [0, 0.05) is 36.5 Å². The van der Waals surface area contributed by atoms with E-state index in [1.807, 2.05) is 25.1 Å². The van der Waals surface area contributed by atoms with Crippen molar-refractivity contribution in [3.8, 4) is 5.75 Å². The summed E-state index contributed by atoms with van der Waals surface area (Å²) in [4.78, 5) is 22.5. The Morgan fingerprint density at radius 3 is 2.68 bits per heavy atom. The van der Waals surface area contributed by atoms with Crippen LogP contribution in [0.5, 0.6) is 5.75 Å². The monoisotopic (exact) mass is 377 g/mol. The average Bonchev–Trinajstić information content (AvgIpc) is 3.16. The number of benzene rings is 1. The minimum absolute atomic E-state index is 0.123. The second-order valence-electron chi connectivity index (χ2n) is 8.41. The topological polar surface area (TPSA) is 45.7 Å². The van der Waals surface area contributed by atoms with Crippen molar-refractivity contribution in [2.75, 3.05) is 26.7 Å². The molecular weight excluding hydrogens is 350 g/mol. The van der Waals surface area contributed by atoms with E-state index >= 15 is 0 Å². The van der Waals surface area contributed by atoms with Gasteiger partial charge in [-0.1, -0.05) is 18.2 Å². The Kier molecular flexibility index (Phi) is 4.35. The molecule has 5 nitrogen and oxygen atoms in total. The van der Waals surface area contributed by atoms with Crippen LogP contribution >= 0.6 is 0 Å². The number of ether oxygens (including phenoxy) is 1. The molecule has 0 N–H and O–H groups in total. The highest BCUT2D eigenvalue weighted by Crippen LogP contribution is 2.48. The van der Waals surface area contributed by atoms with E-state index in [9.17, 15) is 4.79 Å². The number of aryl methyl sites for hydroxylation is 1. The summed E-state index contributed by atoms with van der Waals surface area (Å²) in [5.41, 5.74) is 2.96. The number of aromatic nitrogens is 1. The summed E-state index contributed by atoms with van der Waals surface area (Å²) in [6, 6.07) is 10.9. The summed E-state index contributed by atoms with van der Waals surface area (Å²) >= 11 is 0. The van der Waals surface area contributed by atoms with E-state index in [0.717, 1.165) is 30.9 Å². The van der Waals surface area contributed by atoms with Gasteiger partial charge in [-0.3, -0.25) is 14.7 Å². The molecule has 1 aromatic heterocycles. The number of rotatable bonds is 3. The normalized spacial score (nSPS) is 30.9. The van der Waals surface area contributed by atoms with Crippen LogP contribution in [0.25, 0.3) is 0 Å². The molecule has 5 heterocycles. The summed E-state index contributed by atoms with van der Waals surface area (Å²) in [5, 5.41) is 0. The molecule has 1 amide bonds. The number of methoxy groups -OCH3 is 1. The molecule has 28 heavy (non-hydrogen) atoms. The third-order valence-corrected chi connectivity index (χ3v) is 6.92. The van der Waals surface area contributed by atoms with E-state index < -0.39 is 0 Å². The quantitative estimate of drug-likeness (QED) is 0.825. The summed E-state index contributed by atoms with van der Waals surface area (Å²) in [7, 11) is 1.74. The highest BCUT2D eigenvalue weighted by atomic mass is 16.5. The molecule has 4 saturated heterocycles. The maximum Gasteiger partial charge on any atom is 0.255 e. The third-order valence-electron chi connectivity index (χ3n) is 6.92. The number of amides is 1. The van der Waals surface area contributed by atoms with Gasteiger partial charge in [0.2, 0.25) is 0 Å². The second kappa shape index (κ2) is 6.89. The summed E-state index contributed by atoms with van der Waals surface area (Å²) < 4.78 is 5.68. The Labute approximate surface area is 166 Å². The number of nitrogens with zero attached hydrogens (tertiary/aromatic N) is 3. The molecule has 0 aliphatic carbocycles. The van der Waals surface area contributed by atoms with Crippen LogP contribution in [0.2, 0.25) is 0 Å². The fourth-order valence-corrected chi connectivity index (χ4v) is 5.74. The molecule has 4 aliphatic rings. The van der Waals surface area contributed by atoms with Crippen LogP contribution in [0.15, 0.2) is 42.7 Å². The zero-order valence-electron chi connectivity index (χ0n) is 16.5. The van der Waals surface area contributed by atoms with Crippen LogP contribution in [-0.4, -0.2) is 59.5 Å². The van der Waals surface area contributed by atoms with E-state index in [-0.39, 0.29) is 17.9 Å². The summed E-state index contributed by atoms with van der Waals surface area (Å²) in [6.45, 7) is 5.02. The van der Waals surface area contributed by atoms with E-state index in [0.29, 0.717) is 17.5 Å². The number of hydrogen-bond donors (Lipinski definition) is 0. The first-order valence-electron chi connectivity index (χ1n) is 10.3. The predicted octanol–water partition coefficient (Wildman–Crippen LogP) is 3.10. The fraction of sp³-hybridized carbons (Fsp3) is 0.478. The van der Waals surface area contributed by atoms with Crippen LogP contribution in [-0.2, 0) is 0 Å². The molecule has 0 spiro atoms. The number of likely N-dealkylation sites (tertiary alicyclic amines) is 1. The SMILES string of the molecule is COc1ccccc1[C@H]1CN(C(=O)c2cncc(C)c2)[C@H]2C3CCN(CC3)[C@@H]12. The van der Waals surface area contributed by atoms with E-state index in [1.54, 1.807) is 19.5 Å². The van der Waals surface area contributed by atoms with Crippen molar-refractivity contribution in [1.29, 1.82) is 0 Å². The molecule has 0 unspecified atom stereocenters. The fourth-order valence-electron chi connectivity index (χ4n) is 5.74. The molecule has 3 atom stereocenters. The number of hydrogen-bond acceptors (Lipinski definition) is 4. The Bertz CT molecular complexity index is 891. The smallest absolute Gasteiger partial charge is 0.255 e. The molecule has 4 aliphatic heterocycles. The van der Waals surface area contributed by atoms with Gasteiger partial charge < -0.3 is 9.64 Å². The Hall–Kier alpha value is -2.40. The Morgan fingerprint density at radius 2 is 1.93 bits per heavy atom. The molecular formula is C23H27N3O2. The Balaban J connectivity index is 1.55. The zero-order chi connectivity index (χ0) is 19.3. The van der Waals surface area contributed by atoms with Crippen molar-refractivity contribution in [1.82, 2.24) is 14.8 Å². The number of carbonyl (C=O) groups excluding carboxylic acids is 1. The number of pyridine rings is 1. The maximum atomic E-state index is 13.5. The van der Waals surface area contributed by atoms with Crippen molar-refractivity contribution in [3.05, 3.63) is 59.4 Å². The van der Waals surface area contributed by atoms with Crippen molar-refractivity contribution in [2.45, 2.75) is 37.8 Å². The van der Waals surface area contributed by atoms with Crippen molar-refractivity contribution in [3.63, 3.8) is 0 Å². The van der Waals surface area contributed by atoms with Gasteiger partial charge in [0.05, 0.1) is 18.7 Å². The van der Waals surface area contributed by atoms with E-state index in [1.165, 1.54) is 18.4 Å². The van der Waals surface area contributed by atoms with E-state index in [2.05, 4.69) is 26.9 Å². The van der Waals surface area contributed by atoms with Crippen molar-refractivity contribution >= 4 is 5.91 Å². The number of fused-ring (bicyclic) bond motifs is 2. The number of carbonyl (C=O) groups is 1. The molecule has 5 heteroatoms. The summed E-state index contributed by atoms with van der Waals surface area (Å²) in [6.07, 6.45) is 5.89. The molecule has 6 rings (SSSR count). The second-order valence-corrected chi connectivity index (χ2v) is 8.41. The lowest BCUT2D eigenvalue weighted by molar-refractivity contribution is -0.00351. The molecule has 1 aromatic carbocycles. The summed E-state index contributed by atoms with van der Waals surface area (Å²) in [5.74, 6) is 1.93. The van der Waals surface area contributed by atoms with Crippen LogP contribution < -0.4 is 4.74 Å². The van der Waals surface area contributed by atoms with Gasteiger partial charge in [-0.25, -0.2) is 0 Å². The van der Waals surface area contributed by atoms with Gasteiger partial charge in [-0.15, -0.1) is 0 Å². The average molecular weight is 377 g/mol. The third kappa shape index (κ3) is 2.72. The molecule has 146 valence electrons. The van der Waals surface area contributed by atoms with Gasteiger partial charge in [-0.2, -0.15) is 0 Å². The molecule has 2 aromatic rings. The van der Waals surface area contributed by atoms with E-state index in [4.69, 9.17) is 4.74 Å². The molecule has 4 fully saturated rings. The molecule has 2 bridgehead atoms. The van der Waals surface area contributed by atoms with Gasteiger partial charge in [0.25, 0.3) is 5.91 Å². The first-order chi connectivity index (χ1) is 13.7. The van der Waals surface area contributed by atoms with Crippen molar-refractivity contribution in [2.24, 2.45) is 5.92 Å².